The van der Waals surface area contributed by atoms with Crippen molar-refractivity contribution in [3.63, 3.8) is 0 Å². The summed E-state index contributed by atoms with van der Waals surface area (Å²) < 4.78 is 2.28. The zero-order chi connectivity index (χ0) is 35.3. The summed E-state index contributed by atoms with van der Waals surface area (Å²) in [5.74, 6) is 0. The second kappa shape index (κ2) is 12.5. The number of nitrogens with zero attached hydrogens (tertiary/aromatic N) is 2. The van der Waals surface area contributed by atoms with E-state index < -0.39 is 0 Å². The summed E-state index contributed by atoms with van der Waals surface area (Å²) in [4.78, 5) is 0. The van der Waals surface area contributed by atoms with Gasteiger partial charge in [0.2, 0.25) is 0 Å². The fraction of sp³-hybridized carbons (Fsp3) is 0. The third kappa shape index (κ3) is 5.02. The lowest BCUT2D eigenvalue weighted by molar-refractivity contribution is 1.18. The maximum absolute atomic E-state index is 10.3. The van der Waals surface area contributed by atoms with Gasteiger partial charge in [0, 0.05) is 16.5 Å². The van der Waals surface area contributed by atoms with E-state index in [1.54, 1.807) is 0 Å². The molecule has 2 nitrogen and oxygen atoms in total. The predicted octanol–water partition coefficient (Wildman–Crippen LogP) is 13.6. The number of rotatable bonds is 5. The maximum atomic E-state index is 10.3. The molecule has 2 heteroatoms. The molecule has 0 unspecified atom stereocenters. The van der Waals surface area contributed by atoms with Crippen LogP contribution in [0, 0.1) is 11.3 Å². The summed E-state index contributed by atoms with van der Waals surface area (Å²) in [5, 5.41) is 17.6. The summed E-state index contributed by atoms with van der Waals surface area (Å²) in [6.07, 6.45) is 0. The molecule has 0 atom stereocenters. The van der Waals surface area contributed by atoms with Crippen molar-refractivity contribution in [2.45, 2.75) is 0 Å². The molecule has 0 aliphatic carbocycles. The molecule has 10 rings (SSSR count). The molecule has 0 fully saturated rings. The van der Waals surface area contributed by atoms with E-state index in [0.717, 1.165) is 39.0 Å². The molecule has 9 aromatic carbocycles. The number of nitriles is 1. The van der Waals surface area contributed by atoms with Crippen LogP contribution in [0.5, 0.6) is 0 Å². The molecule has 0 amide bonds. The van der Waals surface area contributed by atoms with Crippen molar-refractivity contribution in [3.05, 3.63) is 200 Å². The first-order valence-electron chi connectivity index (χ1n) is 18.0. The molecule has 0 aliphatic rings. The Labute approximate surface area is 308 Å². The minimum absolute atomic E-state index is 0.627. The first-order valence-corrected chi connectivity index (χ1v) is 18.0. The van der Waals surface area contributed by atoms with Crippen LogP contribution in [-0.2, 0) is 0 Å². The molecular weight excluding hydrogens is 641 g/mol. The third-order valence-corrected chi connectivity index (χ3v) is 10.6. The third-order valence-electron chi connectivity index (χ3n) is 10.6. The highest BCUT2D eigenvalue weighted by molar-refractivity contribution is 6.21. The SMILES string of the molecule is N#Cc1cc(-c2ccccc2-c2ccc(-c3c4ccccc4c(-c4ccccc4)c4ccccc34)cc2)cc(-n2c3ccccc3c3ccccc32)c1. The maximum Gasteiger partial charge on any atom is 0.0992 e. The van der Waals surface area contributed by atoms with E-state index >= 15 is 0 Å². The van der Waals surface area contributed by atoms with E-state index in [9.17, 15) is 5.26 Å². The minimum Gasteiger partial charge on any atom is -0.309 e. The molecule has 1 aromatic heterocycles. The lowest BCUT2D eigenvalue weighted by Crippen LogP contribution is -1.96. The van der Waals surface area contributed by atoms with E-state index in [4.69, 9.17) is 0 Å². The topological polar surface area (TPSA) is 28.7 Å². The van der Waals surface area contributed by atoms with Crippen LogP contribution in [-0.4, -0.2) is 4.57 Å². The zero-order valence-corrected chi connectivity index (χ0v) is 28.9. The Morgan fingerprint density at radius 2 is 0.755 bits per heavy atom. The van der Waals surface area contributed by atoms with Gasteiger partial charge in [-0.15, -0.1) is 0 Å². The van der Waals surface area contributed by atoms with Crippen molar-refractivity contribution in [3.8, 4) is 56.3 Å². The summed E-state index contributed by atoms with van der Waals surface area (Å²) in [6.45, 7) is 0. The highest BCUT2D eigenvalue weighted by Crippen LogP contribution is 2.44. The van der Waals surface area contributed by atoms with E-state index in [2.05, 4.69) is 193 Å². The Morgan fingerprint density at radius 1 is 0.340 bits per heavy atom. The number of para-hydroxylation sites is 2. The Balaban J connectivity index is 1.12. The van der Waals surface area contributed by atoms with Gasteiger partial charge in [0.25, 0.3) is 0 Å². The molecule has 0 spiro atoms. The van der Waals surface area contributed by atoms with Crippen molar-refractivity contribution in [2.75, 3.05) is 0 Å². The first-order chi connectivity index (χ1) is 26.3. The van der Waals surface area contributed by atoms with Gasteiger partial charge in [-0.25, -0.2) is 0 Å². The zero-order valence-electron chi connectivity index (χ0n) is 28.9. The van der Waals surface area contributed by atoms with Gasteiger partial charge < -0.3 is 4.57 Å². The Kier molecular flexibility index (Phi) is 7.23. The molecule has 0 radical (unpaired) electrons. The standard InChI is InChI=1S/C51H32N2/c52-33-34-30-38(32-39(31-34)53-48-24-12-10-18-42(48)43-19-11-13-25-49(43)53)41-17-5-4-16-40(41)35-26-28-37(29-27-35)51-46-22-8-6-20-44(46)50(36-14-2-1-3-15-36)45-21-7-9-23-47(45)51/h1-32H. The fourth-order valence-electron chi connectivity index (χ4n) is 8.32. The average molecular weight is 673 g/mol. The Bertz CT molecular complexity index is 2940. The van der Waals surface area contributed by atoms with Gasteiger partial charge in [-0.2, -0.15) is 5.26 Å². The molecule has 10 aromatic rings. The van der Waals surface area contributed by atoms with E-state index in [0.29, 0.717) is 5.56 Å². The molecule has 0 bridgehead atoms. The lowest BCUT2D eigenvalue weighted by Gasteiger charge is -2.18. The normalized spacial score (nSPS) is 11.4. The van der Waals surface area contributed by atoms with Crippen LogP contribution < -0.4 is 0 Å². The summed E-state index contributed by atoms with van der Waals surface area (Å²) >= 11 is 0. The van der Waals surface area contributed by atoms with Crippen LogP contribution in [0.25, 0.3) is 93.5 Å². The van der Waals surface area contributed by atoms with Crippen LogP contribution in [0.4, 0.5) is 0 Å². The molecular formula is C51H32N2. The van der Waals surface area contributed by atoms with Crippen molar-refractivity contribution in [1.82, 2.24) is 4.57 Å². The molecule has 0 N–H and O–H groups in total. The van der Waals surface area contributed by atoms with Crippen molar-refractivity contribution < 1.29 is 0 Å². The number of benzene rings is 9. The van der Waals surface area contributed by atoms with Crippen molar-refractivity contribution >= 4 is 43.4 Å². The van der Waals surface area contributed by atoms with Crippen molar-refractivity contribution in [1.29, 1.82) is 5.26 Å². The lowest BCUT2D eigenvalue weighted by atomic mass is 9.85. The molecule has 246 valence electrons. The molecule has 0 aliphatic heterocycles. The Hall–Kier alpha value is -7.21. The average Bonchev–Trinajstić information content (AvgIpc) is 3.57. The fourth-order valence-corrected chi connectivity index (χ4v) is 8.32. The molecule has 53 heavy (non-hydrogen) atoms. The van der Waals surface area contributed by atoms with Gasteiger partial charge in [0.15, 0.2) is 0 Å². The highest BCUT2D eigenvalue weighted by atomic mass is 15.0. The van der Waals surface area contributed by atoms with Gasteiger partial charge in [-0.3, -0.25) is 0 Å². The smallest absolute Gasteiger partial charge is 0.0992 e. The van der Waals surface area contributed by atoms with Crippen LogP contribution in [0.15, 0.2) is 194 Å². The quantitative estimate of drug-likeness (QED) is 0.167. The number of aromatic nitrogens is 1. The predicted molar refractivity (Wildman–Crippen MR) is 222 cm³/mol. The summed E-state index contributed by atoms with van der Waals surface area (Å²) in [7, 11) is 0. The second-order valence-corrected chi connectivity index (χ2v) is 13.6. The monoisotopic (exact) mass is 672 g/mol. The molecule has 1 heterocycles. The summed E-state index contributed by atoms with van der Waals surface area (Å²) in [6, 6.07) is 71.5. The molecule has 0 saturated heterocycles. The van der Waals surface area contributed by atoms with E-state index in [1.807, 2.05) is 12.1 Å². The largest absolute Gasteiger partial charge is 0.309 e. The first kappa shape index (κ1) is 30.6. The molecule has 0 saturated carbocycles. The van der Waals surface area contributed by atoms with Crippen LogP contribution >= 0.6 is 0 Å². The van der Waals surface area contributed by atoms with Gasteiger partial charge in [-0.1, -0.05) is 164 Å². The summed E-state index contributed by atoms with van der Waals surface area (Å²) in [5.41, 5.74) is 13.1. The number of fused-ring (bicyclic) bond motifs is 5. The van der Waals surface area contributed by atoms with Crippen LogP contribution in [0.1, 0.15) is 5.56 Å². The van der Waals surface area contributed by atoms with Crippen LogP contribution in [0.2, 0.25) is 0 Å². The van der Waals surface area contributed by atoms with Gasteiger partial charge in [0.05, 0.1) is 22.7 Å². The van der Waals surface area contributed by atoms with E-state index in [-0.39, 0.29) is 0 Å². The number of hydrogen-bond donors (Lipinski definition) is 0. The van der Waals surface area contributed by atoms with Gasteiger partial charge in [0.1, 0.15) is 0 Å². The number of hydrogen-bond acceptors (Lipinski definition) is 1. The second-order valence-electron chi connectivity index (χ2n) is 13.6. The van der Waals surface area contributed by atoms with Crippen LogP contribution in [0.3, 0.4) is 0 Å². The van der Waals surface area contributed by atoms with Gasteiger partial charge >= 0.3 is 0 Å². The van der Waals surface area contributed by atoms with Crippen molar-refractivity contribution in [2.24, 2.45) is 0 Å². The van der Waals surface area contributed by atoms with Gasteiger partial charge in [-0.05, 0) is 96.4 Å². The minimum atomic E-state index is 0.627. The Morgan fingerprint density at radius 3 is 1.28 bits per heavy atom. The van der Waals surface area contributed by atoms with E-state index in [1.165, 1.54) is 54.6 Å². The highest BCUT2D eigenvalue weighted by Gasteiger charge is 2.18.